The molecule has 0 N–H and O–H groups in total. The number of ether oxygens (including phenoxy) is 3. The molecule has 2 aromatic carbocycles. The van der Waals surface area contributed by atoms with Crippen LogP contribution in [0.1, 0.15) is 18.9 Å². The van der Waals surface area contributed by atoms with Crippen LogP contribution in [0.15, 0.2) is 42.5 Å². The van der Waals surface area contributed by atoms with Crippen LogP contribution in [0, 0.1) is 0 Å². The van der Waals surface area contributed by atoms with Crippen molar-refractivity contribution in [1.82, 2.24) is 9.80 Å². The second-order valence-corrected chi connectivity index (χ2v) is 8.22. The lowest BCUT2D eigenvalue weighted by atomic mass is 10.1. The van der Waals surface area contributed by atoms with Gasteiger partial charge in [0.15, 0.2) is 11.5 Å². The van der Waals surface area contributed by atoms with Gasteiger partial charge < -0.3 is 14.2 Å². The summed E-state index contributed by atoms with van der Waals surface area (Å²) in [5.74, 6) is 1.94. The van der Waals surface area contributed by atoms with E-state index < -0.39 is 6.04 Å². The van der Waals surface area contributed by atoms with Gasteiger partial charge in [0, 0.05) is 38.8 Å². The highest BCUT2D eigenvalue weighted by molar-refractivity contribution is 6.22. The van der Waals surface area contributed by atoms with Crippen molar-refractivity contribution in [1.29, 1.82) is 0 Å². The molecule has 2 fully saturated rings. The number of fused-ring (bicyclic) bond motifs is 1. The summed E-state index contributed by atoms with van der Waals surface area (Å²) < 4.78 is 16.4. The van der Waals surface area contributed by atoms with Gasteiger partial charge >= 0.3 is 0 Å². The van der Waals surface area contributed by atoms with Gasteiger partial charge in [-0.05, 0) is 36.8 Å². The Morgan fingerprint density at radius 3 is 2.62 bits per heavy atom. The molecule has 0 spiro atoms. The number of rotatable bonds is 6. The molecule has 8 nitrogen and oxygen atoms in total. The zero-order valence-corrected chi connectivity index (χ0v) is 18.2. The molecule has 0 saturated carbocycles. The van der Waals surface area contributed by atoms with Gasteiger partial charge in [-0.3, -0.25) is 19.4 Å². The van der Waals surface area contributed by atoms with Crippen molar-refractivity contribution in [2.75, 3.05) is 44.5 Å². The van der Waals surface area contributed by atoms with Crippen molar-refractivity contribution in [2.45, 2.75) is 25.9 Å². The van der Waals surface area contributed by atoms with E-state index in [1.807, 2.05) is 31.2 Å². The first kappa shape index (κ1) is 20.8. The first-order valence-corrected chi connectivity index (χ1v) is 11.1. The second-order valence-electron chi connectivity index (χ2n) is 8.22. The Bertz CT molecular complexity index is 1020. The van der Waals surface area contributed by atoms with Gasteiger partial charge in [-0.25, -0.2) is 4.90 Å². The predicted octanol–water partition coefficient (Wildman–Crippen LogP) is 2.26. The molecule has 2 aromatic rings. The molecule has 2 saturated heterocycles. The third-order valence-corrected chi connectivity index (χ3v) is 6.20. The first-order chi connectivity index (χ1) is 15.6. The predicted molar refractivity (Wildman–Crippen MR) is 118 cm³/mol. The molecule has 0 aromatic heterocycles. The molecule has 8 heteroatoms. The summed E-state index contributed by atoms with van der Waals surface area (Å²) in [5, 5.41) is 0. The van der Waals surface area contributed by atoms with E-state index in [-0.39, 0.29) is 25.0 Å². The SMILES string of the molecule is CCOc1cccc(N2C(=O)C[C@H](N3CCN(Cc4ccc5c(c4)OCO5)CC3)C2=O)c1. The standard InChI is InChI=1S/C24H27N3O5/c1-2-30-19-5-3-4-18(13-19)27-23(28)14-20(24(27)29)26-10-8-25(9-11-26)15-17-6-7-21-22(12-17)32-16-31-21/h3-7,12-13,20H,2,8-11,14-16H2,1H3/t20-/m0/s1. The minimum absolute atomic E-state index is 0.145. The molecule has 2 amide bonds. The van der Waals surface area contributed by atoms with Gasteiger partial charge in [-0.2, -0.15) is 0 Å². The maximum Gasteiger partial charge on any atom is 0.251 e. The number of carbonyl (C=O) groups is 2. The van der Waals surface area contributed by atoms with Crippen molar-refractivity contribution >= 4 is 17.5 Å². The Balaban J connectivity index is 1.20. The molecule has 3 heterocycles. The lowest BCUT2D eigenvalue weighted by Crippen LogP contribution is -2.52. The lowest BCUT2D eigenvalue weighted by Gasteiger charge is -2.37. The molecule has 5 rings (SSSR count). The third-order valence-electron chi connectivity index (χ3n) is 6.20. The number of imide groups is 1. The van der Waals surface area contributed by atoms with Gasteiger partial charge in [0.2, 0.25) is 12.7 Å². The van der Waals surface area contributed by atoms with Crippen molar-refractivity contribution < 1.29 is 23.8 Å². The van der Waals surface area contributed by atoms with Gasteiger partial charge in [-0.15, -0.1) is 0 Å². The van der Waals surface area contributed by atoms with Gasteiger partial charge in [-0.1, -0.05) is 12.1 Å². The van der Waals surface area contributed by atoms with E-state index in [1.165, 1.54) is 10.5 Å². The summed E-state index contributed by atoms with van der Waals surface area (Å²) in [6.45, 7) is 6.71. The van der Waals surface area contributed by atoms with E-state index in [1.54, 1.807) is 12.1 Å². The fourth-order valence-corrected chi connectivity index (χ4v) is 4.58. The van der Waals surface area contributed by atoms with Gasteiger partial charge in [0.05, 0.1) is 24.8 Å². The number of hydrogen-bond acceptors (Lipinski definition) is 7. The van der Waals surface area contributed by atoms with E-state index in [9.17, 15) is 9.59 Å². The van der Waals surface area contributed by atoms with Gasteiger partial charge in [0.1, 0.15) is 5.75 Å². The minimum Gasteiger partial charge on any atom is -0.494 e. The summed E-state index contributed by atoms with van der Waals surface area (Å²) in [6.07, 6.45) is 0.222. The number of carbonyl (C=O) groups excluding carboxylic acids is 2. The van der Waals surface area contributed by atoms with Crippen molar-refractivity contribution in [3.63, 3.8) is 0 Å². The number of anilines is 1. The third kappa shape index (κ3) is 4.03. The van der Waals surface area contributed by atoms with Crippen molar-refractivity contribution in [3.05, 3.63) is 48.0 Å². The van der Waals surface area contributed by atoms with E-state index in [0.717, 1.165) is 44.2 Å². The van der Waals surface area contributed by atoms with Crippen molar-refractivity contribution in [2.24, 2.45) is 0 Å². The molecule has 0 bridgehead atoms. The Hall–Kier alpha value is -3.10. The molecule has 0 radical (unpaired) electrons. The Kier molecular flexibility index (Phi) is 5.71. The average molecular weight is 437 g/mol. The number of piperazine rings is 1. The molecule has 0 unspecified atom stereocenters. The van der Waals surface area contributed by atoms with Crippen LogP contribution in [0.2, 0.25) is 0 Å². The number of amides is 2. The summed E-state index contributed by atoms with van der Waals surface area (Å²) in [4.78, 5) is 31.7. The molecule has 32 heavy (non-hydrogen) atoms. The minimum atomic E-state index is -0.397. The Morgan fingerprint density at radius 2 is 1.81 bits per heavy atom. The Labute approximate surface area is 187 Å². The van der Waals surface area contributed by atoms with Crippen LogP contribution in [0.5, 0.6) is 17.2 Å². The maximum absolute atomic E-state index is 13.1. The molecular formula is C24H27N3O5. The van der Waals surface area contributed by atoms with Crippen LogP contribution < -0.4 is 19.1 Å². The number of nitrogens with zero attached hydrogens (tertiary/aromatic N) is 3. The zero-order chi connectivity index (χ0) is 22.1. The van der Waals surface area contributed by atoms with Crippen LogP contribution >= 0.6 is 0 Å². The summed E-state index contributed by atoms with van der Waals surface area (Å²) in [7, 11) is 0. The van der Waals surface area contributed by atoms with Crippen LogP contribution in [0.25, 0.3) is 0 Å². The topological polar surface area (TPSA) is 71.6 Å². The number of hydrogen-bond donors (Lipinski definition) is 0. The lowest BCUT2D eigenvalue weighted by molar-refractivity contribution is -0.123. The fourth-order valence-electron chi connectivity index (χ4n) is 4.58. The second kappa shape index (κ2) is 8.80. The molecule has 3 aliphatic heterocycles. The van der Waals surface area contributed by atoms with E-state index in [0.29, 0.717) is 18.0 Å². The fraction of sp³-hybridized carbons (Fsp3) is 0.417. The highest BCUT2D eigenvalue weighted by Gasteiger charge is 2.43. The first-order valence-electron chi connectivity index (χ1n) is 11.1. The molecule has 0 aliphatic carbocycles. The van der Waals surface area contributed by atoms with Crippen LogP contribution in [-0.4, -0.2) is 67.2 Å². The molecular weight excluding hydrogens is 410 g/mol. The van der Waals surface area contributed by atoms with Gasteiger partial charge in [0.25, 0.3) is 5.91 Å². The number of benzene rings is 2. The summed E-state index contributed by atoms with van der Waals surface area (Å²) in [5.41, 5.74) is 1.75. The largest absolute Gasteiger partial charge is 0.494 e. The zero-order valence-electron chi connectivity index (χ0n) is 18.2. The van der Waals surface area contributed by atoms with Crippen LogP contribution in [0.4, 0.5) is 5.69 Å². The Morgan fingerprint density at radius 1 is 1.00 bits per heavy atom. The van der Waals surface area contributed by atoms with Crippen LogP contribution in [-0.2, 0) is 16.1 Å². The smallest absolute Gasteiger partial charge is 0.251 e. The average Bonchev–Trinajstić information content (AvgIpc) is 3.38. The quantitative estimate of drug-likeness (QED) is 0.642. The summed E-state index contributed by atoms with van der Waals surface area (Å²) in [6, 6.07) is 12.8. The molecule has 3 aliphatic rings. The maximum atomic E-state index is 13.1. The summed E-state index contributed by atoms with van der Waals surface area (Å²) >= 11 is 0. The normalized spacial score (nSPS) is 21.4. The van der Waals surface area contributed by atoms with E-state index in [4.69, 9.17) is 14.2 Å². The molecule has 1 atom stereocenters. The molecule has 168 valence electrons. The highest BCUT2D eigenvalue weighted by Crippen LogP contribution is 2.33. The monoisotopic (exact) mass is 437 g/mol. The van der Waals surface area contributed by atoms with Crippen LogP contribution in [0.3, 0.4) is 0 Å². The van der Waals surface area contributed by atoms with E-state index in [2.05, 4.69) is 15.9 Å². The highest BCUT2D eigenvalue weighted by atomic mass is 16.7. The van der Waals surface area contributed by atoms with E-state index >= 15 is 0 Å². The van der Waals surface area contributed by atoms with Crippen molar-refractivity contribution in [3.8, 4) is 17.2 Å².